The molecule has 0 bridgehead atoms. The third-order valence-electron chi connectivity index (χ3n) is 16.3. The zero-order chi connectivity index (χ0) is 61.8. The van der Waals surface area contributed by atoms with Crippen LogP contribution in [-0.2, 0) is 68.7 Å². The Morgan fingerprint density at radius 1 is 0.762 bits per heavy atom. The fourth-order valence-corrected chi connectivity index (χ4v) is 11.8. The van der Waals surface area contributed by atoms with Gasteiger partial charge in [-0.05, 0) is 100.0 Å². The number of carboxylic acids is 1. The third-order valence-corrected chi connectivity index (χ3v) is 16.3. The van der Waals surface area contributed by atoms with Gasteiger partial charge in [-0.15, -0.1) is 0 Å². The van der Waals surface area contributed by atoms with Crippen LogP contribution in [0.5, 0.6) is 0 Å². The summed E-state index contributed by atoms with van der Waals surface area (Å²) in [6.45, 7) is 2.70. The number of alkyl halides is 3. The zero-order valence-electron chi connectivity index (χ0n) is 48.6. The highest BCUT2D eigenvalue weighted by Gasteiger charge is 2.51. The van der Waals surface area contributed by atoms with Gasteiger partial charge in [0, 0.05) is 54.7 Å². The summed E-state index contributed by atoms with van der Waals surface area (Å²) < 4.78 is 76.2. The Balaban J connectivity index is 1.25. The summed E-state index contributed by atoms with van der Waals surface area (Å²) in [7, 11) is 6.93. The number of likely N-dealkylation sites (tertiary alicyclic amines) is 1. The Labute approximate surface area is 486 Å². The second kappa shape index (κ2) is 28.8. The van der Waals surface area contributed by atoms with Gasteiger partial charge in [-0.3, -0.25) is 43.3 Å². The molecule has 5 atom stereocenters. The van der Waals surface area contributed by atoms with Crippen LogP contribution in [0.4, 0.5) is 26.7 Å². The van der Waals surface area contributed by atoms with Gasteiger partial charge in [-0.25, -0.2) is 13.6 Å². The van der Waals surface area contributed by atoms with Gasteiger partial charge in [0.1, 0.15) is 59.6 Å². The van der Waals surface area contributed by atoms with Crippen molar-refractivity contribution in [3.63, 3.8) is 0 Å². The molecule has 24 heteroatoms. The Morgan fingerprint density at radius 3 is 1.95 bits per heavy atom. The molecule has 1 heterocycles. The average Bonchev–Trinajstić information content (AvgIpc) is 3.80. The molecule has 0 aromatic heterocycles. The number of nitrogens with zero attached hydrogens (tertiary/aromatic N) is 6. The molecule has 3 N–H and O–H groups in total. The lowest BCUT2D eigenvalue weighted by molar-refractivity contribution is -0.156. The number of aryl methyl sites for hydroxylation is 2. The van der Waals surface area contributed by atoms with E-state index in [4.69, 9.17) is 4.74 Å². The smallest absolute Gasteiger partial charge is 0.422 e. The van der Waals surface area contributed by atoms with Gasteiger partial charge in [0.05, 0.1) is 13.0 Å². The standard InChI is InChI=1S/C60H77F5N8O11/c1-8-72(58(83)84-36-39-17-10-9-11-18-39)47(33-38-24-22-37(2)23-25-38)55(80)69(5)35-48(74)66-44(27-26-40-31-42(61)50(43(62)32-40)60(63,64)65)53(78)73-30-16-21-45(73)52(77)67-59(28-14-15-29-59)57(82)71(7)51(41-19-12-13-20-41)56(81)70(6)46(34-49(75)76)54(79)68(3)4/h9-11,17-18,22-25,31-32,41,44-47,51H,8,12-16,19-21,26-30,33-36H2,1-7H3,(H,66,74)(H,67,77)(H,75,76)/t44-,45-,46-,47-,51-/m0/s1. The number of carbonyl (C=O) groups excluding carboxylic acids is 8. The first-order valence-corrected chi connectivity index (χ1v) is 28.4. The topological polar surface area (TPSA) is 227 Å². The molecule has 3 fully saturated rings. The van der Waals surface area contributed by atoms with E-state index in [2.05, 4.69) is 10.6 Å². The van der Waals surface area contributed by atoms with Crippen LogP contribution in [0, 0.1) is 24.5 Å². The van der Waals surface area contributed by atoms with Crippen LogP contribution in [0.25, 0.3) is 0 Å². The van der Waals surface area contributed by atoms with E-state index in [1.165, 1.54) is 54.8 Å². The highest BCUT2D eigenvalue weighted by Crippen LogP contribution is 2.38. The van der Waals surface area contributed by atoms with Crippen molar-refractivity contribution in [2.45, 2.75) is 152 Å². The molecular weight excluding hydrogens is 1100 g/mol. The van der Waals surface area contributed by atoms with E-state index in [0.29, 0.717) is 48.9 Å². The number of aliphatic carboxylic acids is 1. The van der Waals surface area contributed by atoms with Crippen molar-refractivity contribution in [2.75, 3.05) is 54.9 Å². The van der Waals surface area contributed by atoms with Crippen molar-refractivity contribution in [1.82, 2.24) is 40.0 Å². The number of amides is 8. The Kier molecular flexibility index (Phi) is 22.4. The molecule has 1 aliphatic heterocycles. The van der Waals surface area contributed by atoms with Crippen molar-refractivity contribution in [3.05, 3.63) is 106 Å². The lowest BCUT2D eigenvalue weighted by Gasteiger charge is -2.41. The monoisotopic (exact) mass is 1180 g/mol. The quantitative estimate of drug-likeness (QED) is 0.0848. The van der Waals surface area contributed by atoms with Gasteiger partial charge in [-0.2, -0.15) is 13.2 Å². The SMILES string of the molecule is CCN(C(=O)OCc1ccccc1)[C@@H](Cc1ccc(C)cc1)C(=O)N(C)CC(=O)N[C@@H](CCc1cc(F)c(C(F)(F)F)c(F)c1)C(=O)N1CCC[C@H]1C(=O)NC1(C(=O)N(C)[C@H](C(=O)N(C)[C@@H](CC(=O)O)C(=O)N(C)C)C2CCCC2)CCCC1. The fraction of sp³-hybridized carbons (Fsp3) is 0.550. The summed E-state index contributed by atoms with van der Waals surface area (Å²) in [5, 5.41) is 15.3. The van der Waals surface area contributed by atoms with E-state index in [1.807, 2.05) is 19.1 Å². The molecule has 0 unspecified atom stereocenters. The van der Waals surface area contributed by atoms with E-state index < -0.39 is 138 Å². The molecule has 1 saturated heterocycles. The normalized spacial score (nSPS) is 17.3. The number of carboxylic acid groups (broad SMARTS) is 1. The highest BCUT2D eigenvalue weighted by atomic mass is 19.4. The van der Waals surface area contributed by atoms with Crippen molar-refractivity contribution in [1.29, 1.82) is 0 Å². The second-order valence-corrected chi connectivity index (χ2v) is 22.5. The molecule has 0 radical (unpaired) electrons. The molecule has 458 valence electrons. The molecule has 8 amide bonds. The van der Waals surface area contributed by atoms with E-state index in [9.17, 15) is 65.4 Å². The maximum Gasteiger partial charge on any atom is 0.422 e. The van der Waals surface area contributed by atoms with Crippen LogP contribution in [-0.4, -0.2) is 179 Å². The largest absolute Gasteiger partial charge is 0.481 e. The average molecular weight is 1180 g/mol. The Hall–Kier alpha value is -7.66. The van der Waals surface area contributed by atoms with Crippen LogP contribution in [0.15, 0.2) is 66.7 Å². The van der Waals surface area contributed by atoms with Crippen LogP contribution in [0.3, 0.4) is 0 Å². The second-order valence-electron chi connectivity index (χ2n) is 22.5. The highest BCUT2D eigenvalue weighted by molar-refractivity contribution is 5.99. The number of hydrogen-bond donors (Lipinski definition) is 3. The van der Waals surface area contributed by atoms with E-state index in [-0.39, 0.29) is 63.3 Å². The maximum atomic E-state index is 15.0. The molecule has 19 nitrogen and oxygen atoms in total. The summed E-state index contributed by atoms with van der Waals surface area (Å²) in [4.78, 5) is 134. The van der Waals surface area contributed by atoms with Gasteiger partial charge in [-0.1, -0.05) is 85.8 Å². The molecule has 0 spiro atoms. The zero-order valence-corrected chi connectivity index (χ0v) is 48.6. The lowest BCUT2D eigenvalue weighted by Crippen LogP contribution is -2.65. The van der Waals surface area contributed by atoms with Gasteiger partial charge >= 0.3 is 18.2 Å². The van der Waals surface area contributed by atoms with Crippen LogP contribution in [0.2, 0.25) is 0 Å². The van der Waals surface area contributed by atoms with E-state index in [1.54, 1.807) is 49.4 Å². The van der Waals surface area contributed by atoms with Crippen molar-refractivity contribution in [2.24, 2.45) is 5.92 Å². The summed E-state index contributed by atoms with van der Waals surface area (Å²) >= 11 is 0. The van der Waals surface area contributed by atoms with E-state index in [0.717, 1.165) is 28.2 Å². The Bertz CT molecular complexity index is 2840. The number of benzene rings is 3. The molecule has 6 rings (SSSR count). The molecule has 84 heavy (non-hydrogen) atoms. The first kappa shape index (κ1) is 65.5. The van der Waals surface area contributed by atoms with Gasteiger partial charge in [0.2, 0.25) is 41.4 Å². The van der Waals surface area contributed by atoms with Crippen LogP contribution < -0.4 is 10.6 Å². The number of nitrogens with one attached hydrogen (secondary N) is 2. The predicted octanol–water partition coefficient (Wildman–Crippen LogP) is 6.26. The predicted molar refractivity (Wildman–Crippen MR) is 297 cm³/mol. The number of rotatable bonds is 24. The molecular formula is C60H77F5N8O11. The molecule has 3 aromatic carbocycles. The molecule has 2 saturated carbocycles. The van der Waals surface area contributed by atoms with Crippen LogP contribution >= 0.6 is 0 Å². The van der Waals surface area contributed by atoms with Gasteiger partial charge in [0.15, 0.2) is 0 Å². The Morgan fingerprint density at radius 2 is 1.38 bits per heavy atom. The molecule has 3 aliphatic rings. The van der Waals surface area contributed by atoms with Crippen molar-refractivity contribution < 1.29 is 74.9 Å². The summed E-state index contributed by atoms with van der Waals surface area (Å²) in [6, 6.07) is 10.5. The minimum absolute atomic E-state index is 0.00704. The lowest BCUT2D eigenvalue weighted by atomic mass is 9.90. The van der Waals surface area contributed by atoms with Crippen molar-refractivity contribution >= 4 is 53.4 Å². The number of likely N-dealkylation sites (N-methyl/N-ethyl adjacent to an activating group) is 5. The third kappa shape index (κ3) is 16.2. The summed E-state index contributed by atoms with van der Waals surface area (Å²) in [6.07, 6.45) is -3.57. The summed E-state index contributed by atoms with van der Waals surface area (Å²) in [5.74, 6) is -10.6. The number of hydrogen-bond acceptors (Lipinski definition) is 10. The summed E-state index contributed by atoms with van der Waals surface area (Å²) in [5.41, 5.74) is -1.67. The minimum atomic E-state index is -5.37. The van der Waals surface area contributed by atoms with Gasteiger partial charge < -0.3 is 45.0 Å². The van der Waals surface area contributed by atoms with Crippen molar-refractivity contribution in [3.8, 4) is 0 Å². The fourth-order valence-electron chi connectivity index (χ4n) is 11.8. The minimum Gasteiger partial charge on any atom is -0.481 e. The van der Waals surface area contributed by atoms with Gasteiger partial charge in [0.25, 0.3) is 0 Å². The van der Waals surface area contributed by atoms with E-state index >= 15 is 4.79 Å². The first-order valence-electron chi connectivity index (χ1n) is 28.4. The molecule has 3 aromatic rings. The maximum absolute atomic E-state index is 15.0. The number of ether oxygens (including phenoxy) is 1. The number of halogens is 5. The first-order chi connectivity index (χ1) is 39.7. The molecule has 2 aliphatic carbocycles. The van der Waals surface area contributed by atoms with Crippen LogP contribution in [0.1, 0.15) is 112 Å². The number of carbonyl (C=O) groups is 9.